The Morgan fingerprint density at radius 3 is 2.42 bits per heavy atom. The number of rotatable bonds is 8. The fourth-order valence-electron chi connectivity index (χ4n) is 3.54. The molecule has 0 saturated heterocycles. The SMILES string of the molecule is Cc1ccc([N+](=O)[O-])cc1NC(=O)CCSc1nc(N)c(C#N)c(-c2ccc(C(C)C)cc2)c1C#N. The molecular weight excluding hydrogens is 476 g/mol. The van der Waals surface area contributed by atoms with Gasteiger partial charge in [-0.1, -0.05) is 44.2 Å². The van der Waals surface area contributed by atoms with Crippen molar-refractivity contribution in [1.82, 2.24) is 4.98 Å². The molecule has 0 fully saturated rings. The molecule has 1 aromatic heterocycles. The number of hydrogen-bond donors (Lipinski definition) is 2. The van der Waals surface area contributed by atoms with Crippen LogP contribution in [0.2, 0.25) is 0 Å². The summed E-state index contributed by atoms with van der Waals surface area (Å²) in [6.45, 7) is 5.89. The minimum atomic E-state index is -0.525. The minimum absolute atomic E-state index is 0.0126. The van der Waals surface area contributed by atoms with Crippen LogP contribution in [0.25, 0.3) is 11.1 Å². The van der Waals surface area contributed by atoms with E-state index in [9.17, 15) is 25.4 Å². The molecule has 0 spiro atoms. The number of pyridine rings is 1. The lowest BCUT2D eigenvalue weighted by molar-refractivity contribution is -0.384. The summed E-state index contributed by atoms with van der Waals surface area (Å²) >= 11 is 1.18. The second kappa shape index (κ2) is 11.3. The van der Waals surface area contributed by atoms with Crippen LogP contribution in [-0.2, 0) is 4.79 Å². The van der Waals surface area contributed by atoms with Crippen LogP contribution in [0, 0.1) is 39.7 Å². The Balaban J connectivity index is 1.82. The maximum Gasteiger partial charge on any atom is 0.271 e. The Hall–Kier alpha value is -4.41. The number of carbonyl (C=O) groups excluding carboxylic acids is 1. The Morgan fingerprint density at radius 1 is 1.17 bits per heavy atom. The summed E-state index contributed by atoms with van der Waals surface area (Å²) in [7, 11) is 0. The molecule has 36 heavy (non-hydrogen) atoms. The van der Waals surface area contributed by atoms with Crippen molar-refractivity contribution in [3.05, 3.63) is 74.8 Å². The van der Waals surface area contributed by atoms with Crippen molar-refractivity contribution in [3.8, 4) is 23.3 Å². The Kier molecular flexibility index (Phi) is 8.26. The lowest BCUT2D eigenvalue weighted by Gasteiger charge is -2.14. The van der Waals surface area contributed by atoms with Crippen molar-refractivity contribution in [2.24, 2.45) is 0 Å². The zero-order valence-electron chi connectivity index (χ0n) is 20.0. The van der Waals surface area contributed by atoms with Gasteiger partial charge in [0.2, 0.25) is 5.91 Å². The molecule has 2 aromatic carbocycles. The summed E-state index contributed by atoms with van der Waals surface area (Å²) < 4.78 is 0. The van der Waals surface area contributed by atoms with Crippen LogP contribution in [0.15, 0.2) is 47.5 Å². The van der Waals surface area contributed by atoms with Crippen LogP contribution < -0.4 is 11.1 Å². The maximum absolute atomic E-state index is 12.5. The first-order valence-corrected chi connectivity index (χ1v) is 12.1. The molecule has 0 bridgehead atoms. The second-order valence-corrected chi connectivity index (χ2v) is 9.41. The number of thioether (sulfide) groups is 1. The molecule has 0 unspecified atom stereocenters. The highest BCUT2D eigenvalue weighted by Crippen LogP contribution is 2.36. The van der Waals surface area contributed by atoms with E-state index in [1.165, 1.54) is 23.9 Å². The topological polar surface area (TPSA) is 159 Å². The summed E-state index contributed by atoms with van der Waals surface area (Å²) in [6, 6.07) is 16.1. The monoisotopic (exact) mass is 500 g/mol. The van der Waals surface area contributed by atoms with E-state index in [4.69, 9.17) is 5.73 Å². The number of nitrogens with two attached hydrogens (primary N) is 1. The number of aromatic nitrogens is 1. The molecule has 0 radical (unpaired) electrons. The van der Waals surface area contributed by atoms with E-state index < -0.39 is 4.92 Å². The van der Waals surface area contributed by atoms with Crippen molar-refractivity contribution in [2.45, 2.75) is 38.1 Å². The summed E-state index contributed by atoms with van der Waals surface area (Å²) in [5.41, 5.74) is 9.59. The van der Waals surface area contributed by atoms with Gasteiger partial charge in [0.05, 0.1) is 16.2 Å². The number of nitro groups is 1. The third-order valence-corrected chi connectivity index (χ3v) is 6.53. The predicted octanol–water partition coefficient (Wildman–Crippen LogP) is 5.54. The van der Waals surface area contributed by atoms with Crippen LogP contribution in [0.1, 0.15) is 48.4 Å². The lowest BCUT2D eigenvalue weighted by atomic mass is 9.94. The number of nitrogens with one attached hydrogen (secondary N) is 1. The fraction of sp³-hybridized carbons (Fsp3) is 0.231. The molecule has 3 rings (SSSR count). The molecule has 0 saturated carbocycles. The minimum Gasteiger partial charge on any atom is -0.383 e. The van der Waals surface area contributed by atoms with Crippen molar-refractivity contribution >= 4 is 34.9 Å². The highest BCUT2D eigenvalue weighted by molar-refractivity contribution is 7.99. The number of nitriles is 2. The number of aryl methyl sites for hydroxylation is 1. The lowest BCUT2D eigenvalue weighted by Crippen LogP contribution is -2.13. The van der Waals surface area contributed by atoms with E-state index in [0.717, 1.165) is 5.56 Å². The van der Waals surface area contributed by atoms with Crippen LogP contribution in [0.3, 0.4) is 0 Å². The first-order chi connectivity index (χ1) is 17.2. The molecule has 10 heteroatoms. The third-order valence-electron chi connectivity index (χ3n) is 5.56. The maximum atomic E-state index is 12.5. The molecule has 0 aliphatic carbocycles. The van der Waals surface area contributed by atoms with Crippen molar-refractivity contribution in [2.75, 3.05) is 16.8 Å². The number of amides is 1. The standard InChI is InChI=1S/C26H24N6O3S/c1-15(2)17-5-7-18(8-6-17)24-20(13-27)25(29)31-26(21(24)14-28)36-11-10-23(33)30-22-12-19(32(34)35)9-4-16(22)3/h4-9,12,15H,10-11H2,1-3H3,(H2,29,31)(H,30,33). The van der Waals surface area contributed by atoms with Gasteiger partial charge in [-0.25, -0.2) is 4.98 Å². The summed E-state index contributed by atoms with van der Waals surface area (Å²) in [5, 5.41) is 33.7. The summed E-state index contributed by atoms with van der Waals surface area (Å²) in [6.07, 6.45) is 0.0671. The summed E-state index contributed by atoms with van der Waals surface area (Å²) in [5.74, 6) is 0.281. The van der Waals surface area contributed by atoms with E-state index >= 15 is 0 Å². The molecule has 0 atom stereocenters. The van der Waals surface area contributed by atoms with Gasteiger partial charge >= 0.3 is 0 Å². The van der Waals surface area contributed by atoms with Crippen molar-refractivity contribution in [1.29, 1.82) is 10.5 Å². The van der Waals surface area contributed by atoms with Gasteiger partial charge in [0.1, 0.15) is 28.5 Å². The first kappa shape index (κ1) is 26.2. The number of nitrogen functional groups attached to an aromatic ring is 1. The number of carbonyl (C=O) groups is 1. The number of anilines is 2. The zero-order valence-corrected chi connectivity index (χ0v) is 20.8. The molecule has 3 aromatic rings. The molecule has 182 valence electrons. The third kappa shape index (κ3) is 5.80. The number of nitro benzene ring substituents is 1. The second-order valence-electron chi connectivity index (χ2n) is 8.33. The van der Waals surface area contributed by atoms with Crippen LogP contribution in [0.4, 0.5) is 17.2 Å². The number of hydrogen-bond acceptors (Lipinski definition) is 8. The van der Waals surface area contributed by atoms with E-state index in [0.29, 0.717) is 33.3 Å². The van der Waals surface area contributed by atoms with Crippen LogP contribution in [-0.4, -0.2) is 21.6 Å². The first-order valence-electron chi connectivity index (χ1n) is 11.1. The van der Waals surface area contributed by atoms with Crippen molar-refractivity contribution in [3.63, 3.8) is 0 Å². The Bertz CT molecular complexity index is 1410. The van der Waals surface area contributed by atoms with E-state index in [1.54, 1.807) is 13.0 Å². The number of nitrogens with zero attached hydrogens (tertiary/aromatic N) is 4. The van der Waals surface area contributed by atoms with Gasteiger partial charge in [-0.05, 0) is 29.5 Å². The smallest absolute Gasteiger partial charge is 0.271 e. The number of non-ortho nitro benzene ring substituents is 1. The average molecular weight is 501 g/mol. The molecule has 3 N–H and O–H groups in total. The highest BCUT2D eigenvalue weighted by Gasteiger charge is 2.21. The predicted molar refractivity (Wildman–Crippen MR) is 139 cm³/mol. The van der Waals surface area contributed by atoms with Gasteiger partial charge in [-0.15, -0.1) is 11.8 Å². The molecular formula is C26H24N6O3S. The van der Waals surface area contributed by atoms with Gasteiger partial charge in [0.25, 0.3) is 5.69 Å². The molecule has 0 aliphatic heterocycles. The highest BCUT2D eigenvalue weighted by atomic mass is 32.2. The van der Waals surface area contributed by atoms with E-state index in [1.807, 2.05) is 24.3 Å². The molecule has 1 amide bonds. The Labute approximate surface area is 213 Å². The Morgan fingerprint density at radius 2 is 1.83 bits per heavy atom. The molecule has 0 aliphatic rings. The quantitative estimate of drug-likeness (QED) is 0.232. The van der Waals surface area contributed by atoms with Gasteiger partial charge < -0.3 is 11.1 Å². The normalized spacial score (nSPS) is 10.5. The van der Waals surface area contributed by atoms with Gasteiger partial charge in [0.15, 0.2) is 0 Å². The molecule has 9 nitrogen and oxygen atoms in total. The largest absolute Gasteiger partial charge is 0.383 e. The fourth-order valence-corrected chi connectivity index (χ4v) is 4.47. The average Bonchev–Trinajstić information content (AvgIpc) is 2.84. The van der Waals surface area contributed by atoms with Crippen LogP contribution in [0.5, 0.6) is 0 Å². The van der Waals surface area contributed by atoms with E-state index in [2.05, 4.69) is 36.3 Å². The summed E-state index contributed by atoms with van der Waals surface area (Å²) in [4.78, 5) is 27.2. The molecule has 1 heterocycles. The van der Waals surface area contributed by atoms with Crippen molar-refractivity contribution < 1.29 is 9.72 Å². The zero-order chi connectivity index (χ0) is 26.4. The van der Waals surface area contributed by atoms with E-state index in [-0.39, 0.29) is 40.7 Å². The van der Waals surface area contributed by atoms with Gasteiger partial charge in [-0.2, -0.15) is 10.5 Å². The van der Waals surface area contributed by atoms with Gasteiger partial charge in [-0.3, -0.25) is 14.9 Å². The number of benzene rings is 2. The van der Waals surface area contributed by atoms with Gasteiger partial charge in [0, 0.05) is 29.9 Å². The van der Waals surface area contributed by atoms with Crippen LogP contribution >= 0.6 is 11.8 Å².